The molecule has 0 aliphatic carbocycles. The number of aromatic amines is 1. The third-order valence-electron chi connectivity index (χ3n) is 2.63. The molecule has 0 bridgehead atoms. The van der Waals surface area contributed by atoms with Crippen molar-refractivity contribution >= 4 is 16.8 Å². The summed E-state index contributed by atoms with van der Waals surface area (Å²) in [4.78, 5) is 26.7. The Labute approximate surface area is 103 Å². The summed E-state index contributed by atoms with van der Waals surface area (Å²) in [7, 11) is 0. The maximum absolute atomic E-state index is 12.0. The van der Waals surface area contributed by atoms with Gasteiger partial charge in [-0.05, 0) is 18.6 Å². The van der Waals surface area contributed by atoms with Gasteiger partial charge in [-0.1, -0.05) is 12.1 Å². The van der Waals surface area contributed by atoms with Crippen LogP contribution in [0.25, 0.3) is 10.9 Å². The summed E-state index contributed by atoms with van der Waals surface area (Å²) in [6.07, 6.45) is 1.63. The smallest absolute Gasteiger partial charge is 0.256 e. The van der Waals surface area contributed by atoms with E-state index in [0.29, 0.717) is 10.9 Å². The van der Waals surface area contributed by atoms with Crippen LogP contribution >= 0.6 is 0 Å². The van der Waals surface area contributed by atoms with Crippen molar-refractivity contribution in [2.24, 2.45) is 0 Å². The van der Waals surface area contributed by atoms with Crippen molar-refractivity contribution < 1.29 is 9.18 Å². The number of nitrogens with one attached hydrogen (secondary N) is 2. The van der Waals surface area contributed by atoms with Crippen LogP contribution in [0.3, 0.4) is 0 Å². The largest absolute Gasteiger partial charge is 0.360 e. The van der Waals surface area contributed by atoms with Gasteiger partial charge in [-0.25, -0.2) is 0 Å². The van der Waals surface area contributed by atoms with E-state index in [2.05, 4.69) is 10.3 Å². The Kier molecular flexibility index (Phi) is 3.72. The first-order valence-electron chi connectivity index (χ1n) is 5.68. The summed E-state index contributed by atoms with van der Waals surface area (Å²) < 4.78 is 11.9. The first-order chi connectivity index (χ1) is 8.74. The molecular formula is C13H13FN2O2. The number of rotatable bonds is 4. The Bertz CT molecular complexity index is 622. The van der Waals surface area contributed by atoms with Gasteiger partial charge in [0, 0.05) is 23.6 Å². The number of fused-ring (bicyclic) bond motifs is 1. The van der Waals surface area contributed by atoms with Gasteiger partial charge in [0.1, 0.15) is 5.56 Å². The average Bonchev–Trinajstić information content (AvgIpc) is 2.39. The van der Waals surface area contributed by atoms with Crippen molar-refractivity contribution in [1.29, 1.82) is 0 Å². The molecule has 0 spiro atoms. The predicted molar refractivity (Wildman–Crippen MR) is 67.5 cm³/mol. The van der Waals surface area contributed by atoms with Crippen LogP contribution in [0.15, 0.2) is 35.3 Å². The van der Waals surface area contributed by atoms with E-state index in [0.717, 1.165) is 0 Å². The molecule has 0 fully saturated rings. The molecule has 0 saturated carbocycles. The molecule has 1 aromatic carbocycles. The van der Waals surface area contributed by atoms with Gasteiger partial charge >= 0.3 is 0 Å². The van der Waals surface area contributed by atoms with Gasteiger partial charge in [-0.15, -0.1) is 0 Å². The number of amides is 1. The highest BCUT2D eigenvalue weighted by atomic mass is 19.1. The zero-order valence-corrected chi connectivity index (χ0v) is 9.70. The van der Waals surface area contributed by atoms with E-state index in [-0.39, 0.29) is 24.0 Å². The van der Waals surface area contributed by atoms with Crippen LogP contribution in [-0.4, -0.2) is 24.1 Å². The first-order valence-corrected chi connectivity index (χ1v) is 5.68. The first kappa shape index (κ1) is 12.3. The van der Waals surface area contributed by atoms with Crippen LogP contribution in [0.2, 0.25) is 0 Å². The molecule has 0 atom stereocenters. The fraction of sp³-hybridized carbons (Fsp3) is 0.231. The lowest BCUT2D eigenvalue weighted by atomic mass is 10.1. The Balaban J connectivity index is 2.31. The topological polar surface area (TPSA) is 62.0 Å². The molecule has 5 heteroatoms. The second-order valence-corrected chi connectivity index (χ2v) is 3.88. The lowest BCUT2D eigenvalue weighted by Gasteiger charge is -2.04. The van der Waals surface area contributed by atoms with Crippen LogP contribution in [0.1, 0.15) is 16.8 Å². The molecule has 2 N–H and O–H groups in total. The molecule has 1 aromatic heterocycles. The number of carbonyl (C=O) groups excluding carboxylic acids is 1. The van der Waals surface area contributed by atoms with E-state index in [4.69, 9.17) is 0 Å². The van der Waals surface area contributed by atoms with E-state index >= 15 is 0 Å². The molecule has 4 nitrogen and oxygen atoms in total. The lowest BCUT2D eigenvalue weighted by Crippen LogP contribution is -2.29. The van der Waals surface area contributed by atoms with Crippen molar-refractivity contribution in [3.8, 4) is 0 Å². The van der Waals surface area contributed by atoms with Gasteiger partial charge in [0.15, 0.2) is 0 Å². The number of carbonyl (C=O) groups is 1. The van der Waals surface area contributed by atoms with Gasteiger partial charge in [0.25, 0.3) is 5.91 Å². The van der Waals surface area contributed by atoms with Gasteiger partial charge in [0.05, 0.1) is 6.67 Å². The number of H-pyrrole nitrogens is 1. The molecule has 94 valence electrons. The molecule has 1 heterocycles. The highest BCUT2D eigenvalue weighted by Crippen LogP contribution is 2.06. The van der Waals surface area contributed by atoms with Gasteiger partial charge in [-0.3, -0.25) is 14.0 Å². The normalized spacial score (nSPS) is 10.5. The fourth-order valence-electron chi connectivity index (χ4n) is 1.70. The van der Waals surface area contributed by atoms with Crippen molar-refractivity contribution in [2.45, 2.75) is 6.42 Å². The van der Waals surface area contributed by atoms with Crippen molar-refractivity contribution in [3.63, 3.8) is 0 Å². The number of halogens is 1. The van der Waals surface area contributed by atoms with E-state index in [9.17, 15) is 14.0 Å². The summed E-state index contributed by atoms with van der Waals surface area (Å²) in [5.74, 6) is -0.476. The summed E-state index contributed by atoms with van der Waals surface area (Å²) in [6, 6.07) is 6.97. The molecule has 1 amide bonds. The molecule has 0 unspecified atom stereocenters. The van der Waals surface area contributed by atoms with Crippen molar-refractivity contribution in [3.05, 3.63) is 46.2 Å². The maximum Gasteiger partial charge on any atom is 0.256 e. The molecule has 0 aliphatic rings. The minimum Gasteiger partial charge on any atom is -0.360 e. The predicted octanol–water partition coefficient (Wildman–Crippen LogP) is 1.62. The molecular weight excluding hydrogens is 235 g/mol. The molecule has 18 heavy (non-hydrogen) atoms. The number of hydrogen-bond donors (Lipinski definition) is 2. The second kappa shape index (κ2) is 5.44. The summed E-state index contributed by atoms with van der Waals surface area (Å²) in [6.45, 7) is -0.268. The highest BCUT2D eigenvalue weighted by molar-refractivity contribution is 5.97. The highest BCUT2D eigenvalue weighted by Gasteiger charge is 2.11. The number of hydrogen-bond acceptors (Lipinski definition) is 2. The molecule has 2 aromatic rings. The number of para-hydroxylation sites is 1. The van der Waals surface area contributed by atoms with E-state index in [1.54, 1.807) is 24.3 Å². The quantitative estimate of drug-likeness (QED) is 0.807. The number of alkyl halides is 1. The van der Waals surface area contributed by atoms with E-state index < -0.39 is 12.6 Å². The Morgan fingerprint density at radius 2 is 2.11 bits per heavy atom. The average molecular weight is 248 g/mol. The van der Waals surface area contributed by atoms with Crippen molar-refractivity contribution in [1.82, 2.24) is 10.3 Å². The summed E-state index contributed by atoms with van der Waals surface area (Å²) in [5.41, 5.74) is 0.414. The molecule has 2 rings (SSSR count). The minimum atomic E-state index is -0.492. The fourth-order valence-corrected chi connectivity index (χ4v) is 1.70. The Morgan fingerprint density at radius 3 is 2.89 bits per heavy atom. The van der Waals surface area contributed by atoms with Crippen LogP contribution < -0.4 is 10.7 Å². The standard InChI is InChI=1S/C13H13FN2O2/c14-6-3-7-15-13(18)10-8-16-11-5-2-1-4-9(11)12(10)17/h1-2,4-5,8H,3,6-7H2,(H,15,18)(H,16,17). The minimum absolute atomic E-state index is 0.0487. The van der Waals surface area contributed by atoms with Crippen LogP contribution in [0, 0.1) is 0 Å². The van der Waals surface area contributed by atoms with Crippen molar-refractivity contribution in [2.75, 3.05) is 13.2 Å². The summed E-state index contributed by atoms with van der Waals surface area (Å²) in [5, 5.41) is 2.97. The summed E-state index contributed by atoms with van der Waals surface area (Å²) >= 11 is 0. The molecule has 0 saturated heterocycles. The third-order valence-corrected chi connectivity index (χ3v) is 2.63. The molecule has 0 radical (unpaired) electrons. The SMILES string of the molecule is O=C(NCCCF)c1c[nH]c2ccccc2c1=O. The lowest BCUT2D eigenvalue weighted by molar-refractivity contribution is 0.0951. The zero-order chi connectivity index (χ0) is 13.0. The number of pyridine rings is 1. The molecule has 0 aliphatic heterocycles. The van der Waals surface area contributed by atoms with Crippen LogP contribution in [0.4, 0.5) is 4.39 Å². The van der Waals surface area contributed by atoms with E-state index in [1.807, 2.05) is 0 Å². The van der Waals surface area contributed by atoms with Crippen LogP contribution in [0.5, 0.6) is 0 Å². The van der Waals surface area contributed by atoms with Crippen LogP contribution in [-0.2, 0) is 0 Å². The second-order valence-electron chi connectivity index (χ2n) is 3.88. The van der Waals surface area contributed by atoms with Gasteiger partial charge < -0.3 is 10.3 Å². The number of aromatic nitrogens is 1. The maximum atomic E-state index is 12.0. The third kappa shape index (κ3) is 2.40. The zero-order valence-electron chi connectivity index (χ0n) is 9.70. The Hall–Kier alpha value is -2.17. The monoisotopic (exact) mass is 248 g/mol. The Morgan fingerprint density at radius 1 is 1.33 bits per heavy atom. The number of benzene rings is 1. The van der Waals surface area contributed by atoms with Gasteiger partial charge in [-0.2, -0.15) is 0 Å². The van der Waals surface area contributed by atoms with Gasteiger partial charge in [0.2, 0.25) is 5.43 Å². The van der Waals surface area contributed by atoms with E-state index in [1.165, 1.54) is 6.20 Å².